The largest absolute Gasteiger partial charge is 0.452 e. The number of halogens is 3. The molecule has 2 heterocycles. The topological polar surface area (TPSA) is 90.3 Å². The van der Waals surface area contributed by atoms with E-state index in [0.717, 1.165) is 12.1 Å². The summed E-state index contributed by atoms with van der Waals surface area (Å²) in [5, 5.41) is 4.29. The van der Waals surface area contributed by atoms with Gasteiger partial charge in [-0.05, 0) is 30.5 Å². The van der Waals surface area contributed by atoms with Crippen LogP contribution in [-0.2, 0) is 27.0 Å². The zero-order valence-corrected chi connectivity index (χ0v) is 16.4. The molecular weight excluding hydrogens is 423 g/mol. The average molecular weight is 439 g/mol. The van der Waals surface area contributed by atoms with E-state index in [1.54, 1.807) is 11.4 Å². The lowest BCUT2D eigenvalue weighted by atomic mass is 10.1. The van der Waals surface area contributed by atoms with Crippen LogP contribution in [0.1, 0.15) is 18.9 Å². The maximum absolute atomic E-state index is 13.0. The van der Waals surface area contributed by atoms with E-state index < -0.39 is 35.4 Å². The monoisotopic (exact) mass is 439 g/mol. The summed E-state index contributed by atoms with van der Waals surface area (Å²) in [4.78, 5) is 41.1. The van der Waals surface area contributed by atoms with Crippen LogP contribution < -0.4 is 10.9 Å². The lowest BCUT2D eigenvalue weighted by molar-refractivity contribution is -0.153. The second-order valence-corrected chi connectivity index (χ2v) is 7.19. The van der Waals surface area contributed by atoms with Gasteiger partial charge in [0.2, 0.25) is 0 Å². The molecule has 1 N–H and O–H groups in total. The molecule has 0 spiro atoms. The Morgan fingerprint density at radius 2 is 2.00 bits per heavy atom. The van der Waals surface area contributed by atoms with E-state index in [0.29, 0.717) is 10.2 Å². The Balaban J connectivity index is 1.58. The summed E-state index contributed by atoms with van der Waals surface area (Å²) in [6.07, 6.45) is -4.87. The first-order chi connectivity index (χ1) is 14.2. The van der Waals surface area contributed by atoms with Crippen molar-refractivity contribution in [1.82, 2.24) is 9.55 Å². The predicted molar refractivity (Wildman–Crippen MR) is 104 cm³/mol. The minimum absolute atomic E-state index is 0.0122. The summed E-state index contributed by atoms with van der Waals surface area (Å²) >= 11 is 1.32. The number of hydrogen-bond donors (Lipinski definition) is 1. The molecule has 1 amide bonds. The Morgan fingerprint density at radius 1 is 1.27 bits per heavy atom. The second-order valence-electron chi connectivity index (χ2n) is 6.30. The summed E-state index contributed by atoms with van der Waals surface area (Å²) in [5.41, 5.74) is -1.74. The molecule has 1 aromatic carbocycles. The molecule has 0 aliphatic heterocycles. The Bertz CT molecular complexity index is 1140. The first-order valence-electron chi connectivity index (χ1n) is 8.76. The number of amides is 1. The smallest absolute Gasteiger partial charge is 0.418 e. The summed E-state index contributed by atoms with van der Waals surface area (Å²) in [5.74, 6) is -1.68. The van der Waals surface area contributed by atoms with Gasteiger partial charge in [0.05, 0.1) is 29.4 Å². The third-order valence-electron chi connectivity index (χ3n) is 4.18. The molecule has 0 fully saturated rings. The van der Waals surface area contributed by atoms with Crippen LogP contribution in [0.5, 0.6) is 0 Å². The molecule has 0 aliphatic rings. The van der Waals surface area contributed by atoms with E-state index in [-0.39, 0.29) is 18.5 Å². The number of carbonyl (C=O) groups is 2. The molecule has 0 saturated heterocycles. The molecule has 1 atom stereocenters. The van der Waals surface area contributed by atoms with Crippen LogP contribution in [0.2, 0.25) is 0 Å². The first kappa shape index (κ1) is 21.5. The van der Waals surface area contributed by atoms with Crippen LogP contribution in [0.4, 0.5) is 18.9 Å². The van der Waals surface area contributed by atoms with Gasteiger partial charge in [0.1, 0.15) is 4.83 Å². The Morgan fingerprint density at radius 3 is 2.73 bits per heavy atom. The van der Waals surface area contributed by atoms with Gasteiger partial charge in [-0.2, -0.15) is 13.2 Å². The third-order valence-corrected chi connectivity index (χ3v) is 5.00. The third kappa shape index (κ3) is 4.85. The van der Waals surface area contributed by atoms with E-state index in [9.17, 15) is 27.6 Å². The fraction of sp³-hybridized carbons (Fsp3) is 0.263. The number of hydrogen-bond acceptors (Lipinski definition) is 6. The Hall–Kier alpha value is -3.21. The number of carbonyl (C=O) groups excluding carboxylic acids is 2. The SMILES string of the molecule is CC(OC(=O)CCn1cnc2sccc2c1=O)C(=O)Nc1ccccc1C(F)(F)F. The van der Waals surface area contributed by atoms with Crippen LogP contribution in [0.15, 0.2) is 46.8 Å². The van der Waals surface area contributed by atoms with Crippen LogP contribution >= 0.6 is 11.3 Å². The molecule has 0 aliphatic carbocycles. The maximum atomic E-state index is 13.0. The highest BCUT2D eigenvalue weighted by molar-refractivity contribution is 7.16. The number of aryl methyl sites for hydroxylation is 1. The van der Waals surface area contributed by atoms with Crippen LogP contribution in [0.3, 0.4) is 0 Å². The Labute approximate surface area is 172 Å². The van der Waals surface area contributed by atoms with Gasteiger partial charge in [-0.1, -0.05) is 12.1 Å². The van der Waals surface area contributed by atoms with Gasteiger partial charge < -0.3 is 10.1 Å². The van der Waals surface area contributed by atoms with Crippen LogP contribution in [0.25, 0.3) is 10.2 Å². The summed E-state index contributed by atoms with van der Waals surface area (Å²) in [6.45, 7) is 1.23. The maximum Gasteiger partial charge on any atom is 0.418 e. The Kier molecular flexibility index (Phi) is 6.20. The summed E-state index contributed by atoms with van der Waals surface area (Å²) in [6, 6.07) is 6.12. The zero-order valence-electron chi connectivity index (χ0n) is 15.6. The standard InChI is InChI=1S/C19H16F3N3O4S/c1-11(16(27)24-14-5-3-2-4-13(14)19(20,21)22)29-15(26)6-8-25-10-23-17-12(18(25)28)7-9-30-17/h2-5,7,9-11H,6,8H2,1H3,(H,24,27). The number of benzene rings is 1. The minimum atomic E-state index is -4.64. The molecule has 11 heteroatoms. The molecule has 2 aromatic heterocycles. The fourth-order valence-corrected chi connectivity index (χ4v) is 3.37. The number of anilines is 1. The minimum Gasteiger partial charge on any atom is -0.452 e. The number of thiophene rings is 1. The number of alkyl halides is 3. The molecule has 0 saturated carbocycles. The van der Waals surface area contributed by atoms with E-state index >= 15 is 0 Å². The predicted octanol–water partition coefficient (Wildman–Crippen LogP) is 3.44. The van der Waals surface area contributed by atoms with Gasteiger partial charge >= 0.3 is 12.1 Å². The number of aromatic nitrogens is 2. The number of esters is 1. The summed E-state index contributed by atoms with van der Waals surface area (Å²) in [7, 11) is 0. The quantitative estimate of drug-likeness (QED) is 0.595. The molecule has 0 radical (unpaired) electrons. The van der Waals surface area contributed by atoms with Crippen molar-refractivity contribution in [1.29, 1.82) is 0 Å². The van der Waals surface area contributed by atoms with E-state index in [1.807, 2.05) is 0 Å². The van der Waals surface area contributed by atoms with Gasteiger partial charge in [-0.15, -0.1) is 11.3 Å². The van der Waals surface area contributed by atoms with Crippen LogP contribution in [0, 0.1) is 0 Å². The van der Waals surface area contributed by atoms with E-state index in [2.05, 4.69) is 10.3 Å². The number of ether oxygens (including phenoxy) is 1. The average Bonchev–Trinajstić information content (AvgIpc) is 3.16. The van der Waals surface area contributed by atoms with Crippen molar-refractivity contribution in [3.63, 3.8) is 0 Å². The normalized spacial score (nSPS) is 12.5. The summed E-state index contributed by atoms with van der Waals surface area (Å²) < 4.78 is 45.3. The second kappa shape index (κ2) is 8.66. The number of rotatable bonds is 6. The molecule has 30 heavy (non-hydrogen) atoms. The number of para-hydroxylation sites is 1. The van der Waals surface area contributed by atoms with Crippen molar-refractivity contribution in [3.8, 4) is 0 Å². The van der Waals surface area contributed by atoms with Crippen molar-refractivity contribution in [2.75, 3.05) is 5.32 Å². The van der Waals surface area contributed by atoms with Gasteiger partial charge in [0.25, 0.3) is 11.5 Å². The number of nitrogens with zero attached hydrogens (tertiary/aromatic N) is 2. The highest BCUT2D eigenvalue weighted by Gasteiger charge is 2.34. The van der Waals surface area contributed by atoms with Gasteiger partial charge in [-0.3, -0.25) is 19.0 Å². The first-order valence-corrected chi connectivity index (χ1v) is 9.64. The molecule has 7 nitrogen and oxygen atoms in total. The fourth-order valence-electron chi connectivity index (χ4n) is 2.65. The number of fused-ring (bicyclic) bond motifs is 1. The number of nitrogens with one attached hydrogen (secondary N) is 1. The molecule has 3 aromatic rings. The zero-order chi connectivity index (χ0) is 21.9. The van der Waals surface area contributed by atoms with Crippen LogP contribution in [-0.4, -0.2) is 27.5 Å². The van der Waals surface area contributed by atoms with E-state index in [1.165, 1.54) is 41.3 Å². The molecule has 158 valence electrons. The van der Waals surface area contributed by atoms with Crippen molar-refractivity contribution in [2.24, 2.45) is 0 Å². The van der Waals surface area contributed by atoms with Crippen molar-refractivity contribution >= 4 is 39.1 Å². The van der Waals surface area contributed by atoms with Crippen molar-refractivity contribution in [2.45, 2.75) is 32.2 Å². The van der Waals surface area contributed by atoms with Crippen molar-refractivity contribution in [3.05, 3.63) is 58.0 Å². The van der Waals surface area contributed by atoms with Gasteiger partial charge in [0.15, 0.2) is 6.10 Å². The molecule has 3 rings (SSSR count). The lowest BCUT2D eigenvalue weighted by Gasteiger charge is -2.17. The highest BCUT2D eigenvalue weighted by Crippen LogP contribution is 2.34. The molecular formula is C19H16F3N3O4S. The highest BCUT2D eigenvalue weighted by atomic mass is 32.1. The van der Waals surface area contributed by atoms with Gasteiger partial charge in [-0.25, -0.2) is 4.98 Å². The molecule has 0 bridgehead atoms. The molecule has 1 unspecified atom stereocenters. The van der Waals surface area contributed by atoms with Crippen molar-refractivity contribution < 1.29 is 27.5 Å². The lowest BCUT2D eigenvalue weighted by Crippen LogP contribution is -2.31. The van der Waals surface area contributed by atoms with E-state index in [4.69, 9.17) is 4.74 Å². The van der Waals surface area contributed by atoms with Gasteiger partial charge in [0, 0.05) is 6.54 Å².